The van der Waals surface area contributed by atoms with Gasteiger partial charge in [-0.2, -0.15) is 0 Å². The van der Waals surface area contributed by atoms with Gasteiger partial charge < -0.3 is 4.74 Å². The fourth-order valence-corrected chi connectivity index (χ4v) is 2.26. The van der Waals surface area contributed by atoms with Crippen LogP contribution in [0.4, 0.5) is 0 Å². The van der Waals surface area contributed by atoms with Gasteiger partial charge in [-0.3, -0.25) is 4.79 Å². The van der Waals surface area contributed by atoms with E-state index in [1.54, 1.807) is 6.92 Å². The third kappa shape index (κ3) is 3.64. The van der Waals surface area contributed by atoms with Gasteiger partial charge >= 0.3 is 5.97 Å². The van der Waals surface area contributed by atoms with Crippen LogP contribution < -0.4 is 0 Å². The summed E-state index contributed by atoms with van der Waals surface area (Å²) in [6.07, 6.45) is 0. The van der Waals surface area contributed by atoms with Crippen molar-refractivity contribution in [3.63, 3.8) is 0 Å². The molecule has 15 heavy (non-hydrogen) atoms. The Hall–Kier alpha value is -0.870. The number of rotatable bonds is 3. The summed E-state index contributed by atoms with van der Waals surface area (Å²) in [6, 6.07) is 9.49. The van der Waals surface area contributed by atoms with E-state index in [-0.39, 0.29) is 11.2 Å². The maximum absolute atomic E-state index is 11.5. The third-order valence-corrected chi connectivity index (χ3v) is 3.12. The van der Waals surface area contributed by atoms with Gasteiger partial charge in [0.05, 0.1) is 7.11 Å². The first kappa shape index (κ1) is 12.2. The first-order valence-electron chi connectivity index (χ1n) is 4.45. The lowest BCUT2D eigenvalue weighted by atomic mass is 10.1. The monoisotopic (exact) mass is 240 g/mol. The van der Waals surface area contributed by atoms with E-state index in [9.17, 15) is 4.79 Å². The van der Waals surface area contributed by atoms with Gasteiger partial charge in [0, 0.05) is 4.20 Å². The quantitative estimate of drug-likeness (QED) is 0.599. The van der Waals surface area contributed by atoms with E-state index >= 15 is 0 Å². The highest BCUT2D eigenvalue weighted by Gasteiger charge is 2.22. The SMILES string of the molecule is COC(=O)C(SC(C)=S)c1ccccc1. The summed E-state index contributed by atoms with van der Waals surface area (Å²) in [5, 5.41) is -0.353. The minimum Gasteiger partial charge on any atom is -0.468 e. The van der Waals surface area contributed by atoms with E-state index in [4.69, 9.17) is 17.0 Å². The van der Waals surface area contributed by atoms with Gasteiger partial charge in [0.2, 0.25) is 0 Å². The third-order valence-electron chi connectivity index (χ3n) is 1.80. The van der Waals surface area contributed by atoms with Crippen molar-refractivity contribution in [2.24, 2.45) is 0 Å². The molecule has 0 radical (unpaired) electrons. The molecule has 0 aliphatic rings. The van der Waals surface area contributed by atoms with E-state index < -0.39 is 0 Å². The van der Waals surface area contributed by atoms with Crippen LogP contribution >= 0.6 is 24.0 Å². The fourth-order valence-electron chi connectivity index (χ4n) is 1.15. The van der Waals surface area contributed by atoms with Crippen molar-refractivity contribution in [3.8, 4) is 0 Å². The second kappa shape index (κ2) is 5.88. The van der Waals surface area contributed by atoms with Gasteiger partial charge in [0.25, 0.3) is 0 Å². The Bertz CT molecular complexity index is 349. The van der Waals surface area contributed by atoms with Crippen molar-refractivity contribution in [3.05, 3.63) is 35.9 Å². The fraction of sp³-hybridized carbons (Fsp3) is 0.273. The minimum atomic E-state index is -0.353. The predicted octanol–water partition coefficient (Wildman–Crippen LogP) is 2.98. The minimum absolute atomic E-state index is 0.268. The first-order valence-corrected chi connectivity index (χ1v) is 5.74. The predicted molar refractivity (Wildman–Crippen MR) is 67.1 cm³/mol. The van der Waals surface area contributed by atoms with Crippen molar-refractivity contribution < 1.29 is 9.53 Å². The summed E-state index contributed by atoms with van der Waals surface area (Å²) in [5.74, 6) is -0.268. The molecule has 0 aliphatic carbocycles. The van der Waals surface area contributed by atoms with Gasteiger partial charge in [-0.1, -0.05) is 54.3 Å². The number of thioether (sulfide) groups is 1. The lowest BCUT2D eigenvalue weighted by molar-refractivity contribution is -0.140. The molecule has 0 N–H and O–H groups in total. The average Bonchev–Trinajstić information content (AvgIpc) is 2.26. The maximum atomic E-state index is 11.5. The molecule has 0 spiro atoms. The normalized spacial score (nSPS) is 11.9. The van der Waals surface area contributed by atoms with E-state index in [1.165, 1.54) is 18.9 Å². The molecular weight excluding hydrogens is 228 g/mol. The van der Waals surface area contributed by atoms with Gasteiger partial charge in [-0.15, -0.1) is 0 Å². The topological polar surface area (TPSA) is 26.3 Å². The standard InChI is InChI=1S/C11H12O2S2/c1-8(14)15-10(11(12)13-2)9-6-4-3-5-7-9/h3-7,10H,1-2H3. The van der Waals surface area contributed by atoms with E-state index in [0.717, 1.165) is 9.76 Å². The highest BCUT2D eigenvalue weighted by Crippen LogP contribution is 2.30. The highest BCUT2D eigenvalue weighted by molar-refractivity contribution is 8.23. The largest absolute Gasteiger partial charge is 0.468 e. The van der Waals surface area contributed by atoms with E-state index in [1.807, 2.05) is 30.3 Å². The number of ether oxygens (including phenoxy) is 1. The number of esters is 1. The van der Waals surface area contributed by atoms with Crippen molar-refractivity contribution >= 4 is 34.1 Å². The molecule has 1 atom stereocenters. The number of hydrogen-bond donors (Lipinski definition) is 0. The van der Waals surface area contributed by atoms with Gasteiger partial charge in [-0.25, -0.2) is 0 Å². The van der Waals surface area contributed by atoms with Crippen LogP contribution in [0.2, 0.25) is 0 Å². The molecule has 80 valence electrons. The Morgan fingerprint density at radius 1 is 1.40 bits per heavy atom. The zero-order chi connectivity index (χ0) is 11.3. The molecule has 1 aromatic carbocycles. The second-order valence-corrected chi connectivity index (χ2v) is 5.11. The highest BCUT2D eigenvalue weighted by atomic mass is 32.2. The number of benzene rings is 1. The Kier molecular flexibility index (Phi) is 4.78. The molecule has 0 aliphatic heterocycles. The van der Waals surface area contributed by atoms with Crippen LogP contribution in [-0.2, 0) is 9.53 Å². The van der Waals surface area contributed by atoms with Crippen LogP contribution in [0.1, 0.15) is 17.7 Å². The van der Waals surface area contributed by atoms with Crippen molar-refractivity contribution in [1.82, 2.24) is 0 Å². The number of carbonyl (C=O) groups is 1. The van der Waals surface area contributed by atoms with Crippen LogP contribution in [-0.4, -0.2) is 17.3 Å². The number of thiocarbonyl (C=S) groups is 1. The van der Waals surface area contributed by atoms with Crippen LogP contribution in [0, 0.1) is 0 Å². The number of hydrogen-bond acceptors (Lipinski definition) is 4. The summed E-state index contributed by atoms with van der Waals surface area (Å²) >= 11 is 6.34. The summed E-state index contributed by atoms with van der Waals surface area (Å²) in [4.78, 5) is 11.5. The van der Waals surface area contributed by atoms with E-state index in [0.29, 0.717) is 0 Å². The first-order chi connectivity index (χ1) is 7.15. The zero-order valence-corrected chi connectivity index (χ0v) is 10.2. The summed E-state index contributed by atoms with van der Waals surface area (Å²) < 4.78 is 5.48. The summed E-state index contributed by atoms with van der Waals surface area (Å²) in [5.41, 5.74) is 0.915. The lowest BCUT2D eigenvalue weighted by Crippen LogP contribution is -2.12. The molecule has 0 bridgehead atoms. The Morgan fingerprint density at radius 3 is 2.47 bits per heavy atom. The zero-order valence-electron chi connectivity index (χ0n) is 8.60. The molecule has 0 aromatic heterocycles. The molecule has 0 fully saturated rings. The summed E-state index contributed by atoms with van der Waals surface area (Å²) in [7, 11) is 1.39. The van der Waals surface area contributed by atoms with Gasteiger partial charge in [-0.05, 0) is 12.5 Å². The number of methoxy groups -OCH3 is 1. The van der Waals surface area contributed by atoms with E-state index in [2.05, 4.69) is 0 Å². The molecular formula is C11H12O2S2. The summed E-state index contributed by atoms with van der Waals surface area (Å²) in [6.45, 7) is 1.80. The number of carbonyl (C=O) groups excluding carboxylic acids is 1. The average molecular weight is 240 g/mol. The molecule has 0 saturated carbocycles. The van der Waals surface area contributed by atoms with Crippen molar-refractivity contribution in [1.29, 1.82) is 0 Å². The van der Waals surface area contributed by atoms with Gasteiger partial charge in [0.15, 0.2) is 0 Å². The second-order valence-electron chi connectivity index (χ2n) is 2.92. The Balaban J connectivity index is 2.91. The maximum Gasteiger partial charge on any atom is 0.323 e. The smallest absolute Gasteiger partial charge is 0.323 e. The molecule has 2 nitrogen and oxygen atoms in total. The van der Waals surface area contributed by atoms with Crippen LogP contribution in [0.3, 0.4) is 0 Å². The van der Waals surface area contributed by atoms with Gasteiger partial charge in [0.1, 0.15) is 5.25 Å². The molecule has 0 saturated heterocycles. The molecule has 0 amide bonds. The van der Waals surface area contributed by atoms with Crippen molar-refractivity contribution in [2.75, 3.05) is 7.11 Å². The lowest BCUT2D eigenvalue weighted by Gasteiger charge is -2.13. The molecule has 1 unspecified atom stereocenters. The van der Waals surface area contributed by atoms with Crippen LogP contribution in [0.25, 0.3) is 0 Å². The molecule has 1 aromatic rings. The molecule has 1 rings (SSSR count). The molecule has 0 heterocycles. The van der Waals surface area contributed by atoms with Crippen LogP contribution in [0.5, 0.6) is 0 Å². The van der Waals surface area contributed by atoms with Crippen LogP contribution in [0.15, 0.2) is 30.3 Å². The van der Waals surface area contributed by atoms with Crippen molar-refractivity contribution in [2.45, 2.75) is 12.2 Å². The Labute approximate surface area is 99.0 Å². The molecule has 4 heteroatoms. The Morgan fingerprint density at radius 2 is 2.00 bits per heavy atom.